The van der Waals surface area contributed by atoms with Gasteiger partial charge in [-0.3, -0.25) is 4.79 Å². The van der Waals surface area contributed by atoms with E-state index in [4.69, 9.17) is 4.74 Å². The monoisotopic (exact) mass is 227 g/mol. The van der Waals surface area contributed by atoms with Crippen LogP contribution in [0.5, 0.6) is 5.75 Å². The molecule has 1 aromatic carbocycles. The summed E-state index contributed by atoms with van der Waals surface area (Å²) in [5.41, 5.74) is 0.872. The lowest BCUT2D eigenvalue weighted by atomic mass is 10.2. The second-order valence-electron chi connectivity index (χ2n) is 3.58. The largest absolute Gasteiger partial charge is 0.426 e. The Labute approximate surface area is 100.0 Å². The summed E-state index contributed by atoms with van der Waals surface area (Å²) in [6, 6.07) is 11.3. The molecule has 2 aromatic rings. The van der Waals surface area contributed by atoms with Gasteiger partial charge in [-0.1, -0.05) is 18.2 Å². The first-order chi connectivity index (χ1) is 8.25. The number of nitrogens with zero attached hydrogens (tertiary/aromatic N) is 1. The number of ether oxygens (including phenoxy) is 1. The Morgan fingerprint density at radius 3 is 2.59 bits per heavy atom. The van der Waals surface area contributed by atoms with E-state index < -0.39 is 0 Å². The van der Waals surface area contributed by atoms with Crippen molar-refractivity contribution in [1.29, 1.82) is 0 Å². The molecule has 0 aliphatic rings. The zero-order chi connectivity index (χ0) is 12.1. The van der Waals surface area contributed by atoms with Crippen molar-refractivity contribution in [2.45, 2.75) is 6.92 Å². The molecular weight excluding hydrogens is 214 g/mol. The first-order valence-electron chi connectivity index (χ1n) is 5.34. The van der Waals surface area contributed by atoms with Gasteiger partial charge in [-0.2, -0.15) is 0 Å². The lowest BCUT2D eigenvalue weighted by Gasteiger charge is -2.04. The molecule has 1 aromatic heterocycles. The fourth-order valence-electron chi connectivity index (χ4n) is 1.48. The highest BCUT2D eigenvalue weighted by atomic mass is 16.5. The van der Waals surface area contributed by atoms with Crippen molar-refractivity contribution in [3.8, 4) is 5.75 Å². The van der Waals surface area contributed by atoms with Gasteiger partial charge in [0.2, 0.25) is 0 Å². The van der Waals surface area contributed by atoms with E-state index in [9.17, 15) is 4.79 Å². The van der Waals surface area contributed by atoms with Crippen molar-refractivity contribution in [2.75, 3.05) is 0 Å². The molecule has 0 spiro atoms. The number of rotatable bonds is 3. The summed E-state index contributed by atoms with van der Waals surface area (Å²) in [7, 11) is 0. The SMILES string of the molecule is CC(=O)Oc1ccccc1/C=C/n1cccc1. The van der Waals surface area contributed by atoms with Gasteiger partial charge in [0.15, 0.2) is 0 Å². The smallest absolute Gasteiger partial charge is 0.308 e. The maximum absolute atomic E-state index is 10.9. The molecule has 0 radical (unpaired) electrons. The Morgan fingerprint density at radius 2 is 1.88 bits per heavy atom. The van der Waals surface area contributed by atoms with E-state index in [0.717, 1.165) is 5.56 Å². The van der Waals surface area contributed by atoms with Gasteiger partial charge in [-0.25, -0.2) is 0 Å². The Hall–Kier alpha value is -2.29. The number of aromatic nitrogens is 1. The summed E-state index contributed by atoms with van der Waals surface area (Å²) in [4.78, 5) is 10.9. The fraction of sp³-hybridized carbons (Fsp3) is 0.0714. The number of para-hydroxylation sites is 1. The van der Waals surface area contributed by atoms with Crippen LogP contribution in [-0.4, -0.2) is 10.5 Å². The highest BCUT2D eigenvalue weighted by Crippen LogP contribution is 2.19. The molecule has 2 rings (SSSR count). The minimum absolute atomic E-state index is 0.313. The van der Waals surface area contributed by atoms with E-state index in [1.807, 2.05) is 59.6 Å². The Morgan fingerprint density at radius 1 is 1.18 bits per heavy atom. The third-order valence-electron chi connectivity index (χ3n) is 2.23. The van der Waals surface area contributed by atoms with Crippen LogP contribution in [0.2, 0.25) is 0 Å². The fourth-order valence-corrected chi connectivity index (χ4v) is 1.48. The van der Waals surface area contributed by atoms with Gasteiger partial charge < -0.3 is 9.30 Å². The summed E-state index contributed by atoms with van der Waals surface area (Å²) in [6.07, 6.45) is 7.68. The van der Waals surface area contributed by atoms with Crippen LogP contribution in [0, 0.1) is 0 Å². The van der Waals surface area contributed by atoms with Gasteiger partial charge in [0.25, 0.3) is 0 Å². The predicted molar refractivity (Wildman–Crippen MR) is 67.4 cm³/mol. The molecule has 1 heterocycles. The van der Waals surface area contributed by atoms with Crippen molar-refractivity contribution < 1.29 is 9.53 Å². The molecule has 86 valence electrons. The van der Waals surface area contributed by atoms with Crippen LogP contribution in [-0.2, 0) is 4.79 Å². The second-order valence-corrected chi connectivity index (χ2v) is 3.58. The minimum Gasteiger partial charge on any atom is -0.426 e. The lowest BCUT2D eigenvalue weighted by molar-refractivity contribution is -0.131. The number of benzene rings is 1. The summed E-state index contributed by atoms with van der Waals surface area (Å²) < 4.78 is 7.04. The number of esters is 1. The van der Waals surface area contributed by atoms with Crippen LogP contribution in [0.4, 0.5) is 0 Å². The molecule has 0 saturated carbocycles. The molecule has 17 heavy (non-hydrogen) atoms. The van der Waals surface area contributed by atoms with Gasteiger partial charge in [-0.05, 0) is 24.3 Å². The zero-order valence-electron chi connectivity index (χ0n) is 9.54. The van der Waals surface area contributed by atoms with Crippen LogP contribution < -0.4 is 4.74 Å². The van der Waals surface area contributed by atoms with Crippen LogP contribution in [0.15, 0.2) is 48.8 Å². The van der Waals surface area contributed by atoms with Gasteiger partial charge in [0.05, 0.1) is 0 Å². The van der Waals surface area contributed by atoms with Crippen LogP contribution in [0.3, 0.4) is 0 Å². The Kier molecular flexibility index (Phi) is 3.40. The molecule has 0 N–H and O–H groups in total. The second kappa shape index (κ2) is 5.16. The molecule has 0 amide bonds. The van der Waals surface area contributed by atoms with E-state index in [1.54, 1.807) is 6.07 Å². The quantitative estimate of drug-likeness (QED) is 0.596. The van der Waals surface area contributed by atoms with Crippen molar-refractivity contribution in [3.63, 3.8) is 0 Å². The third-order valence-corrected chi connectivity index (χ3v) is 2.23. The van der Waals surface area contributed by atoms with Crippen molar-refractivity contribution in [1.82, 2.24) is 4.57 Å². The molecular formula is C14H13NO2. The first kappa shape index (κ1) is 11.2. The average Bonchev–Trinajstić information content (AvgIpc) is 2.80. The Balaban J connectivity index is 2.23. The highest BCUT2D eigenvalue weighted by molar-refractivity contribution is 5.73. The molecule has 0 fully saturated rings. The van der Waals surface area contributed by atoms with Crippen LogP contribution in [0.25, 0.3) is 12.3 Å². The highest BCUT2D eigenvalue weighted by Gasteiger charge is 2.01. The van der Waals surface area contributed by atoms with Crippen LogP contribution in [0.1, 0.15) is 12.5 Å². The molecule has 0 aliphatic carbocycles. The number of carbonyl (C=O) groups is 1. The maximum Gasteiger partial charge on any atom is 0.308 e. The topological polar surface area (TPSA) is 31.2 Å². The van der Waals surface area contributed by atoms with E-state index in [2.05, 4.69) is 0 Å². The predicted octanol–water partition coefficient (Wildman–Crippen LogP) is 3.04. The molecule has 0 aliphatic heterocycles. The summed E-state index contributed by atoms with van der Waals surface area (Å²) in [5, 5.41) is 0. The average molecular weight is 227 g/mol. The van der Waals surface area contributed by atoms with Crippen molar-refractivity contribution >= 4 is 18.2 Å². The molecule has 0 unspecified atom stereocenters. The first-order valence-corrected chi connectivity index (χ1v) is 5.34. The minimum atomic E-state index is -0.313. The van der Waals surface area contributed by atoms with Gasteiger partial charge >= 0.3 is 5.97 Å². The van der Waals surface area contributed by atoms with E-state index >= 15 is 0 Å². The van der Waals surface area contributed by atoms with Crippen molar-refractivity contribution in [2.24, 2.45) is 0 Å². The van der Waals surface area contributed by atoms with Gasteiger partial charge in [0, 0.05) is 31.1 Å². The molecule has 0 saturated heterocycles. The normalized spacial score (nSPS) is 10.6. The zero-order valence-corrected chi connectivity index (χ0v) is 9.54. The van der Waals surface area contributed by atoms with Crippen LogP contribution >= 0.6 is 0 Å². The molecule has 3 nitrogen and oxygen atoms in total. The summed E-state index contributed by atoms with van der Waals surface area (Å²) in [5.74, 6) is 0.259. The summed E-state index contributed by atoms with van der Waals surface area (Å²) >= 11 is 0. The molecule has 0 atom stereocenters. The molecule has 3 heteroatoms. The molecule has 0 bridgehead atoms. The number of hydrogen-bond acceptors (Lipinski definition) is 2. The number of hydrogen-bond donors (Lipinski definition) is 0. The van der Waals surface area contributed by atoms with E-state index in [1.165, 1.54) is 6.92 Å². The van der Waals surface area contributed by atoms with Crippen molar-refractivity contribution in [3.05, 3.63) is 54.4 Å². The van der Waals surface area contributed by atoms with Gasteiger partial charge in [-0.15, -0.1) is 0 Å². The summed E-state index contributed by atoms with van der Waals surface area (Å²) in [6.45, 7) is 1.40. The standard InChI is InChI=1S/C14H13NO2/c1-12(16)17-14-7-3-2-6-13(14)8-11-15-9-4-5-10-15/h2-11H,1H3/b11-8+. The van der Waals surface area contributed by atoms with Gasteiger partial charge in [0.1, 0.15) is 5.75 Å². The number of carbonyl (C=O) groups excluding carboxylic acids is 1. The lowest BCUT2D eigenvalue weighted by Crippen LogP contribution is -2.02. The Bertz CT molecular complexity index is 527. The van der Waals surface area contributed by atoms with E-state index in [-0.39, 0.29) is 5.97 Å². The third kappa shape index (κ3) is 3.08. The van der Waals surface area contributed by atoms with E-state index in [0.29, 0.717) is 5.75 Å². The maximum atomic E-state index is 10.9.